The maximum atomic E-state index is 2.67. The minimum absolute atomic E-state index is 0.0759. The maximum Gasteiger partial charge on any atom is 0.0658 e. The van der Waals surface area contributed by atoms with Crippen LogP contribution >= 0.6 is 11.8 Å². The number of nitrogens with zero attached hydrogens (tertiary/aromatic N) is 1. The zero-order valence-electron chi connectivity index (χ0n) is 20.6. The third-order valence-electron chi connectivity index (χ3n) is 8.97. The molecule has 2 unspecified atom stereocenters. The van der Waals surface area contributed by atoms with Crippen LogP contribution in [-0.4, -0.2) is 11.8 Å². The molecule has 0 spiro atoms. The second kappa shape index (κ2) is 7.77. The summed E-state index contributed by atoms with van der Waals surface area (Å²) in [7, 11) is 0. The zero-order chi connectivity index (χ0) is 23.6. The molecular weight excluding hydrogens is 442 g/mol. The van der Waals surface area contributed by atoms with E-state index in [4.69, 9.17) is 0 Å². The summed E-state index contributed by atoms with van der Waals surface area (Å²) < 4.78 is 0.111. The second-order valence-electron chi connectivity index (χ2n) is 10.6. The molecule has 1 heterocycles. The van der Waals surface area contributed by atoms with Crippen LogP contribution in [0.4, 0.5) is 11.4 Å². The van der Waals surface area contributed by atoms with Gasteiger partial charge in [-0.2, -0.15) is 11.8 Å². The molecule has 2 heteroatoms. The van der Waals surface area contributed by atoms with Crippen LogP contribution < -0.4 is 4.90 Å². The molecule has 0 aromatic heterocycles. The van der Waals surface area contributed by atoms with E-state index in [1.807, 2.05) is 0 Å². The normalized spacial score (nSPS) is 24.0. The number of hydrogen-bond donors (Lipinski definition) is 0. The highest BCUT2D eigenvalue weighted by Crippen LogP contribution is 2.65. The molecule has 2 aliphatic carbocycles. The molecule has 1 aliphatic heterocycles. The Kier molecular flexibility index (Phi) is 4.73. The fourth-order valence-corrected chi connectivity index (χ4v) is 8.65. The Balaban J connectivity index is 1.37. The minimum atomic E-state index is 0.0759. The van der Waals surface area contributed by atoms with E-state index in [1.54, 1.807) is 0 Å². The Hall–Kier alpha value is -2.97. The molecule has 174 valence electrons. The van der Waals surface area contributed by atoms with E-state index in [9.17, 15) is 0 Å². The van der Waals surface area contributed by atoms with Gasteiger partial charge in [-0.1, -0.05) is 79.6 Å². The summed E-state index contributed by atoms with van der Waals surface area (Å²) in [5.74, 6) is 0. The van der Waals surface area contributed by atoms with Gasteiger partial charge in [0.15, 0.2) is 0 Å². The van der Waals surface area contributed by atoms with Crippen LogP contribution in [0.15, 0.2) is 91.0 Å². The number of para-hydroxylation sites is 1. The van der Waals surface area contributed by atoms with Gasteiger partial charge in [-0.15, -0.1) is 0 Å². The number of anilines is 2. The average molecular weight is 474 g/mol. The van der Waals surface area contributed by atoms with E-state index in [2.05, 4.69) is 121 Å². The lowest BCUT2D eigenvalue weighted by atomic mass is 9.71. The van der Waals surface area contributed by atoms with Crippen molar-refractivity contribution >= 4 is 23.1 Å². The third-order valence-corrected chi connectivity index (χ3v) is 10.5. The summed E-state index contributed by atoms with van der Waals surface area (Å²) in [5, 5.41) is 0. The van der Waals surface area contributed by atoms with Crippen LogP contribution in [0.1, 0.15) is 49.3 Å². The van der Waals surface area contributed by atoms with Crippen LogP contribution in [-0.2, 0) is 11.2 Å². The van der Waals surface area contributed by atoms with Gasteiger partial charge in [0, 0.05) is 11.4 Å². The number of rotatable bonds is 3. The van der Waals surface area contributed by atoms with Crippen molar-refractivity contribution in [2.75, 3.05) is 11.2 Å². The second-order valence-corrected chi connectivity index (χ2v) is 11.7. The highest BCUT2D eigenvalue weighted by Gasteiger charge is 2.60. The van der Waals surface area contributed by atoms with Gasteiger partial charge in [-0.3, -0.25) is 0 Å². The van der Waals surface area contributed by atoms with Crippen molar-refractivity contribution in [2.45, 2.75) is 49.3 Å². The van der Waals surface area contributed by atoms with E-state index in [-0.39, 0.29) is 10.3 Å². The van der Waals surface area contributed by atoms with Crippen LogP contribution in [0.5, 0.6) is 0 Å². The van der Waals surface area contributed by atoms with Crippen LogP contribution in [0.3, 0.4) is 0 Å². The highest BCUT2D eigenvalue weighted by molar-refractivity contribution is 7.99. The predicted octanol–water partition coefficient (Wildman–Crippen LogP) is 8.97. The van der Waals surface area contributed by atoms with Crippen molar-refractivity contribution in [3.8, 4) is 22.3 Å². The summed E-state index contributed by atoms with van der Waals surface area (Å²) in [6, 6.07) is 34.3. The van der Waals surface area contributed by atoms with Crippen molar-refractivity contribution < 1.29 is 0 Å². The monoisotopic (exact) mass is 473 g/mol. The average Bonchev–Trinajstić information content (AvgIpc) is 3.38. The maximum absolute atomic E-state index is 2.67. The molecule has 2 atom stereocenters. The quantitative estimate of drug-likeness (QED) is 0.257. The molecule has 0 amide bonds. The Morgan fingerprint density at radius 2 is 1.43 bits per heavy atom. The van der Waals surface area contributed by atoms with Gasteiger partial charge in [0.05, 0.1) is 10.3 Å². The molecule has 35 heavy (non-hydrogen) atoms. The van der Waals surface area contributed by atoms with Gasteiger partial charge in [0.25, 0.3) is 0 Å². The number of thioether (sulfide) groups is 1. The predicted molar refractivity (Wildman–Crippen MR) is 151 cm³/mol. The van der Waals surface area contributed by atoms with Gasteiger partial charge in [-0.25, -0.2) is 0 Å². The van der Waals surface area contributed by atoms with Crippen LogP contribution in [0.2, 0.25) is 0 Å². The first-order chi connectivity index (χ1) is 17.1. The van der Waals surface area contributed by atoms with Crippen LogP contribution in [0.25, 0.3) is 22.3 Å². The molecule has 1 fully saturated rings. The first-order valence-electron chi connectivity index (χ1n) is 12.9. The van der Waals surface area contributed by atoms with E-state index in [1.165, 1.54) is 76.0 Å². The lowest BCUT2D eigenvalue weighted by Crippen LogP contribution is -2.54. The molecule has 1 saturated carbocycles. The third kappa shape index (κ3) is 2.90. The summed E-state index contributed by atoms with van der Waals surface area (Å²) in [4.78, 5) is 2.67. The van der Waals surface area contributed by atoms with E-state index in [0.717, 1.165) is 6.42 Å². The van der Waals surface area contributed by atoms with Crippen molar-refractivity contribution in [2.24, 2.45) is 0 Å². The number of benzene rings is 4. The van der Waals surface area contributed by atoms with Crippen LogP contribution in [0, 0.1) is 0 Å². The standard InChI is InChI=1S/C33H31NS/c1-32-18-8-9-19-33(32,35-2)30-22-24(15-17-31(30)34(32)27-11-4-3-5-12-27)23-14-16-29-26(20-23)21-25-10-6-7-13-28(25)29/h3-7,10-17,20,22H,8-9,18-19,21H2,1-2H3. The molecule has 3 aliphatic rings. The van der Waals surface area contributed by atoms with E-state index in [0.29, 0.717) is 0 Å². The zero-order valence-corrected chi connectivity index (χ0v) is 21.4. The fraction of sp³-hybridized carbons (Fsp3) is 0.273. The van der Waals surface area contributed by atoms with Gasteiger partial charge >= 0.3 is 0 Å². The molecule has 0 bridgehead atoms. The van der Waals surface area contributed by atoms with Gasteiger partial charge in [0.1, 0.15) is 0 Å². The first kappa shape index (κ1) is 21.3. The smallest absolute Gasteiger partial charge is 0.0658 e. The Morgan fingerprint density at radius 3 is 2.29 bits per heavy atom. The van der Waals surface area contributed by atoms with Gasteiger partial charge < -0.3 is 4.90 Å². The lowest BCUT2D eigenvalue weighted by Gasteiger charge is -2.51. The van der Waals surface area contributed by atoms with Crippen molar-refractivity contribution in [1.29, 1.82) is 0 Å². The lowest BCUT2D eigenvalue weighted by molar-refractivity contribution is 0.262. The topological polar surface area (TPSA) is 3.24 Å². The van der Waals surface area contributed by atoms with Crippen molar-refractivity contribution in [3.05, 3.63) is 108 Å². The molecule has 0 radical (unpaired) electrons. The number of hydrogen-bond acceptors (Lipinski definition) is 2. The SMILES string of the molecule is CSC12CCCCC1(C)N(c1ccccc1)c1ccc(-c3ccc4c(c3)Cc3ccccc3-4)cc12. The molecule has 4 aromatic carbocycles. The van der Waals surface area contributed by atoms with E-state index >= 15 is 0 Å². The van der Waals surface area contributed by atoms with Gasteiger partial charge in [-0.05, 0) is 95.7 Å². The molecule has 0 N–H and O–H groups in total. The van der Waals surface area contributed by atoms with Crippen molar-refractivity contribution in [1.82, 2.24) is 0 Å². The summed E-state index contributed by atoms with van der Waals surface area (Å²) in [6.45, 7) is 2.52. The molecule has 0 saturated heterocycles. The summed E-state index contributed by atoms with van der Waals surface area (Å²) in [6.07, 6.45) is 8.45. The molecular formula is C33H31NS. The molecule has 7 rings (SSSR count). The fourth-order valence-electron chi connectivity index (χ4n) is 7.29. The Bertz CT molecular complexity index is 1440. The van der Waals surface area contributed by atoms with Crippen molar-refractivity contribution in [3.63, 3.8) is 0 Å². The largest absolute Gasteiger partial charge is 0.334 e. The molecule has 4 aromatic rings. The number of fused-ring (bicyclic) bond motifs is 6. The highest BCUT2D eigenvalue weighted by atomic mass is 32.2. The Morgan fingerprint density at radius 1 is 0.714 bits per heavy atom. The summed E-state index contributed by atoms with van der Waals surface area (Å²) >= 11 is 2.08. The minimum Gasteiger partial charge on any atom is -0.334 e. The molecule has 1 nitrogen and oxygen atoms in total. The van der Waals surface area contributed by atoms with Gasteiger partial charge in [0.2, 0.25) is 0 Å². The van der Waals surface area contributed by atoms with E-state index < -0.39 is 0 Å². The summed E-state index contributed by atoms with van der Waals surface area (Å²) in [5.41, 5.74) is 12.7. The first-order valence-corrected chi connectivity index (χ1v) is 14.1. The Labute approximate surface area is 213 Å².